The Hall–Kier alpha value is -2.63. The summed E-state index contributed by atoms with van der Waals surface area (Å²) < 4.78 is 1.83. The number of aryl methyl sites for hydroxylation is 1. The van der Waals surface area contributed by atoms with E-state index in [2.05, 4.69) is 10.4 Å². The standard InChI is InChI=1S/C20H18ClN3O2/c21-14-7-9-16-13(12-14)6-8-17-18(20(26)22-10-11-25)23-24(19(16)17)15-4-2-1-3-5-15/h1-5,7,9,12,25H,6,8,10-11H2,(H,22,26). The van der Waals surface area contributed by atoms with Crippen molar-refractivity contribution in [3.05, 3.63) is 70.4 Å². The number of hydrogen-bond acceptors (Lipinski definition) is 3. The SMILES string of the molecule is O=C(NCCO)c1nn(-c2ccccc2)c2c1CCc1cc(Cl)ccc1-2. The van der Waals surface area contributed by atoms with Crippen LogP contribution in [0.25, 0.3) is 16.9 Å². The third-order valence-corrected chi connectivity index (χ3v) is 4.80. The van der Waals surface area contributed by atoms with Crippen LogP contribution in [-0.2, 0) is 12.8 Å². The van der Waals surface area contributed by atoms with Crippen molar-refractivity contribution in [1.82, 2.24) is 15.1 Å². The summed E-state index contributed by atoms with van der Waals surface area (Å²) >= 11 is 6.16. The first-order chi connectivity index (χ1) is 12.7. The summed E-state index contributed by atoms with van der Waals surface area (Å²) in [6.45, 7) is 0.104. The lowest BCUT2D eigenvalue weighted by molar-refractivity contribution is 0.0938. The highest BCUT2D eigenvalue weighted by Crippen LogP contribution is 2.38. The first kappa shape index (κ1) is 16.8. The van der Waals surface area contributed by atoms with Gasteiger partial charge in [0, 0.05) is 22.7 Å². The number of halogens is 1. The zero-order chi connectivity index (χ0) is 18.1. The summed E-state index contributed by atoms with van der Waals surface area (Å²) in [5.74, 6) is -0.262. The molecular formula is C20H18ClN3O2. The van der Waals surface area contributed by atoms with Gasteiger partial charge in [-0.3, -0.25) is 4.79 Å². The number of amides is 1. The number of nitrogens with one attached hydrogen (secondary N) is 1. The molecule has 2 aromatic carbocycles. The largest absolute Gasteiger partial charge is 0.395 e. The van der Waals surface area contributed by atoms with Gasteiger partial charge in [-0.1, -0.05) is 35.9 Å². The highest BCUT2D eigenvalue weighted by atomic mass is 35.5. The molecule has 5 nitrogen and oxygen atoms in total. The van der Waals surface area contributed by atoms with Crippen LogP contribution in [0.1, 0.15) is 21.6 Å². The molecule has 0 bridgehead atoms. The predicted molar refractivity (Wildman–Crippen MR) is 101 cm³/mol. The molecule has 1 heterocycles. The van der Waals surface area contributed by atoms with Crippen LogP contribution >= 0.6 is 11.6 Å². The molecule has 132 valence electrons. The molecule has 1 amide bonds. The van der Waals surface area contributed by atoms with E-state index >= 15 is 0 Å². The molecule has 0 fully saturated rings. The van der Waals surface area contributed by atoms with Crippen molar-refractivity contribution in [2.24, 2.45) is 0 Å². The number of rotatable bonds is 4. The van der Waals surface area contributed by atoms with E-state index in [4.69, 9.17) is 16.7 Å². The molecule has 0 radical (unpaired) electrons. The van der Waals surface area contributed by atoms with E-state index in [1.165, 1.54) is 0 Å². The molecular weight excluding hydrogens is 350 g/mol. The number of benzene rings is 2. The fourth-order valence-electron chi connectivity index (χ4n) is 3.42. The lowest BCUT2D eigenvalue weighted by Gasteiger charge is -2.19. The van der Waals surface area contributed by atoms with Gasteiger partial charge in [0.15, 0.2) is 5.69 Å². The van der Waals surface area contributed by atoms with Gasteiger partial charge < -0.3 is 10.4 Å². The normalized spacial score (nSPS) is 12.4. The third-order valence-electron chi connectivity index (χ3n) is 4.56. The van der Waals surface area contributed by atoms with Crippen LogP contribution in [0.2, 0.25) is 5.02 Å². The van der Waals surface area contributed by atoms with Gasteiger partial charge in [0.25, 0.3) is 5.91 Å². The van der Waals surface area contributed by atoms with Gasteiger partial charge in [0.1, 0.15) is 0 Å². The van der Waals surface area contributed by atoms with Crippen molar-refractivity contribution >= 4 is 17.5 Å². The quantitative estimate of drug-likeness (QED) is 0.745. The molecule has 0 saturated carbocycles. The molecule has 1 aliphatic carbocycles. The molecule has 0 spiro atoms. The minimum absolute atomic E-state index is 0.103. The van der Waals surface area contributed by atoms with E-state index in [-0.39, 0.29) is 19.1 Å². The molecule has 0 atom stereocenters. The summed E-state index contributed by atoms with van der Waals surface area (Å²) in [6.07, 6.45) is 1.53. The number of carbonyl (C=O) groups excluding carboxylic acids is 1. The minimum atomic E-state index is -0.262. The monoisotopic (exact) mass is 367 g/mol. The number of aromatic nitrogens is 2. The first-order valence-corrected chi connectivity index (χ1v) is 8.92. The molecule has 0 unspecified atom stereocenters. The van der Waals surface area contributed by atoms with Gasteiger partial charge in [0.05, 0.1) is 18.0 Å². The zero-order valence-electron chi connectivity index (χ0n) is 14.1. The average Bonchev–Trinajstić information content (AvgIpc) is 3.06. The van der Waals surface area contributed by atoms with E-state index in [0.717, 1.165) is 40.9 Å². The van der Waals surface area contributed by atoms with E-state index < -0.39 is 0 Å². The predicted octanol–water partition coefficient (Wildman–Crippen LogP) is 3.01. The number of hydrogen-bond donors (Lipinski definition) is 2. The summed E-state index contributed by atoms with van der Waals surface area (Å²) in [4.78, 5) is 12.6. The second-order valence-corrected chi connectivity index (χ2v) is 6.64. The lowest BCUT2D eigenvalue weighted by atomic mass is 9.88. The van der Waals surface area contributed by atoms with E-state index in [9.17, 15) is 4.79 Å². The van der Waals surface area contributed by atoms with Crippen molar-refractivity contribution in [1.29, 1.82) is 0 Å². The van der Waals surface area contributed by atoms with E-state index in [1.807, 2.05) is 53.2 Å². The summed E-state index contributed by atoms with van der Waals surface area (Å²) in [5, 5.41) is 17.0. The van der Waals surface area contributed by atoms with Crippen molar-refractivity contribution in [2.75, 3.05) is 13.2 Å². The highest BCUT2D eigenvalue weighted by Gasteiger charge is 2.28. The maximum atomic E-state index is 12.6. The zero-order valence-corrected chi connectivity index (χ0v) is 14.8. The Balaban J connectivity index is 1.91. The minimum Gasteiger partial charge on any atom is -0.395 e. The molecule has 1 aliphatic rings. The third kappa shape index (κ3) is 2.89. The summed E-state index contributed by atoms with van der Waals surface area (Å²) in [7, 11) is 0. The van der Waals surface area contributed by atoms with Crippen LogP contribution < -0.4 is 5.32 Å². The number of aliphatic hydroxyl groups excluding tert-OH is 1. The van der Waals surface area contributed by atoms with Crippen molar-refractivity contribution in [3.8, 4) is 16.9 Å². The second-order valence-electron chi connectivity index (χ2n) is 6.20. The number of carbonyl (C=O) groups is 1. The van der Waals surface area contributed by atoms with Gasteiger partial charge in [-0.25, -0.2) is 4.68 Å². The van der Waals surface area contributed by atoms with Crippen LogP contribution in [0.5, 0.6) is 0 Å². The van der Waals surface area contributed by atoms with E-state index in [0.29, 0.717) is 10.7 Å². The Bertz CT molecular complexity index is 967. The van der Waals surface area contributed by atoms with Crippen molar-refractivity contribution in [3.63, 3.8) is 0 Å². The Kier molecular flexibility index (Phi) is 4.49. The van der Waals surface area contributed by atoms with Crippen LogP contribution in [0.15, 0.2) is 48.5 Å². The lowest BCUT2D eigenvalue weighted by Crippen LogP contribution is -2.27. The Morgan fingerprint density at radius 3 is 2.77 bits per heavy atom. The van der Waals surface area contributed by atoms with Crippen molar-refractivity contribution in [2.45, 2.75) is 12.8 Å². The fraction of sp³-hybridized carbons (Fsp3) is 0.200. The number of para-hydroxylation sites is 1. The Morgan fingerprint density at radius 1 is 1.19 bits per heavy atom. The maximum absolute atomic E-state index is 12.6. The van der Waals surface area contributed by atoms with Gasteiger partial charge in [-0.2, -0.15) is 5.10 Å². The number of nitrogens with zero attached hydrogens (tertiary/aromatic N) is 2. The molecule has 0 aliphatic heterocycles. The first-order valence-electron chi connectivity index (χ1n) is 8.54. The molecule has 0 saturated heterocycles. The molecule has 2 N–H and O–H groups in total. The van der Waals surface area contributed by atoms with Crippen LogP contribution in [0.3, 0.4) is 0 Å². The smallest absolute Gasteiger partial charge is 0.272 e. The highest BCUT2D eigenvalue weighted by molar-refractivity contribution is 6.30. The maximum Gasteiger partial charge on any atom is 0.272 e. The number of fused-ring (bicyclic) bond motifs is 3. The topological polar surface area (TPSA) is 67.2 Å². The molecule has 3 aromatic rings. The van der Waals surface area contributed by atoms with Crippen molar-refractivity contribution < 1.29 is 9.90 Å². The second kappa shape index (κ2) is 6.94. The molecule has 6 heteroatoms. The van der Waals surface area contributed by atoms with Gasteiger partial charge in [0.2, 0.25) is 0 Å². The molecule has 1 aromatic heterocycles. The molecule has 26 heavy (non-hydrogen) atoms. The van der Waals surface area contributed by atoms with Gasteiger partial charge in [-0.15, -0.1) is 0 Å². The Labute approximate surface area is 156 Å². The van der Waals surface area contributed by atoms with Gasteiger partial charge >= 0.3 is 0 Å². The number of aliphatic hydroxyl groups is 1. The molecule has 4 rings (SSSR count). The van der Waals surface area contributed by atoms with E-state index in [1.54, 1.807) is 0 Å². The van der Waals surface area contributed by atoms with Crippen LogP contribution in [0.4, 0.5) is 0 Å². The fourth-order valence-corrected chi connectivity index (χ4v) is 3.61. The van der Waals surface area contributed by atoms with Crippen LogP contribution in [-0.4, -0.2) is 33.9 Å². The van der Waals surface area contributed by atoms with Gasteiger partial charge in [-0.05, 0) is 42.7 Å². The summed E-state index contributed by atoms with van der Waals surface area (Å²) in [6, 6.07) is 15.6. The summed E-state index contributed by atoms with van der Waals surface area (Å²) in [5.41, 5.74) is 5.38. The Morgan fingerprint density at radius 2 is 2.00 bits per heavy atom. The average molecular weight is 368 g/mol. The van der Waals surface area contributed by atoms with Crippen LogP contribution in [0, 0.1) is 0 Å².